The molecule has 120 valence electrons. The van der Waals surface area contributed by atoms with Gasteiger partial charge in [-0.1, -0.05) is 32.6 Å². The quantitative estimate of drug-likeness (QED) is 0.751. The second kappa shape index (κ2) is 7.81. The molecule has 1 saturated carbocycles. The van der Waals surface area contributed by atoms with E-state index in [4.69, 9.17) is 0 Å². The molecular weight excluding hydrogens is 264 g/mol. The molecule has 0 aromatic carbocycles. The van der Waals surface area contributed by atoms with E-state index in [0.29, 0.717) is 5.92 Å². The van der Waals surface area contributed by atoms with Gasteiger partial charge in [0.2, 0.25) is 11.8 Å². The lowest BCUT2D eigenvalue weighted by Crippen LogP contribution is -2.48. The fourth-order valence-corrected chi connectivity index (χ4v) is 3.73. The fourth-order valence-electron chi connectivity index (χ4n) is 3.73. The van der Waals surface area contributed by atoms with Crippen LogP contribution in [0.25, 0.3) is 0 Å². The van der Waals surface area contributed by atoms with Crippen LogP contribution in [-0.4, -0.2) is 47.3 Å². The van der Waals surface area contributed by atoms with Crippen LogP contribution in [0.5, 0.6) is 0 Å². The van der Waals surface area contributed by atoms with Crippen LogP contribution in [0, 0.1) is 5.92 Å². The Hall–Kier alpha value is -1.06. The van der Waals surface area contributed by atoms with E-state index in [1.165, 1.54) is 32.1 Å². The Morgan fingerprint density at radius 2 is 1.71 bits per heavy atom. The number of nitrogens with zero attached hydrogens (tertiary/aromatic N) is 2. The standard InChI is InChI=1S/C17H30N2O2/c1-14-8-7-11-18(12-14)17(21)13-19(15(2)20)16-9-5-3-4-6-10-16/h14,16H,3-13H2,1-2H3. The summed E-state index contributed by atoms with van der Waals surface area (Å²) in [5.74, 6) is 0.785. The summed E-state index contributed by atoms with van der Waals surface area (Å²) in [5, 5.41) is 0. The average molecular weight is 294 g/mol. The lowest BCUT2D eigenvalue weighted by atomic mass is 10.00. The number of hydrogen-bond donors (Lipinski definition) is 0. The van der Waals surface area contributed by atoms with Crippen LogP contribution in [0.15, 0.2) is 0 Å². The molecule has 0 aromatic rings. The van der Waals surface area contributed by atoms with Gasteiger partial charge in [0.25, 0.3) is 0 Å². The smallest absolute Gasteiger partial charge is 0.242 e. The van der Waals surface area contributed by atoms with Crippen LogP contribution in [-0.2, 0) is 9.59 Å². The van der Waals surface area contributed by atoms with E-state index in [1.807, 2.05) is 9.80 Å². The van der Waals surface area contributed by atoms with Crippen LogP contribution in [0.4, 0.5) is 0 Å². The van der Waals surface area contributed by atoms with Crippen molar-refractivity contribution in [3.8, 4) is 0 Å². The van der Waals surface area contributed by atoms with Crippen LogP contribution < -0.4 is 0 Å². The number of carbonyl (C=O) groups excluding carboxylic acids is 2. The van der Waals surface area contributed by atoms with Gasteiger partial charge in [0.05, 0.1) is 6.54 Å². The summed E-state index contributed by atoms with van der Waals surface area (Å²) < 4.78 is 0. The van der Waals surface area contributed by atoms with E-state index >= 15 is 0 Å². The van der Waals surface area contributed by atoms with Crippen molar-refractivity contribution >= 4 is 11.8 Å². The second-order valence-electron chi connectivity index (χ2n) is 6.88. The first-order valence-electron chi connectivity index (χ1n) is 8.63. The number of likely N-dealkylation sites (tertiary alicyclic amines) is 1. The maximum absolute atomic E-state index is 12.5. The van der Waals surface area contributed by atoms with Crippen LogP contribution in [0.3, 0.4) is 0 Å². The van der Waals surface area contributed by atoms with Crippen molar-refractivity contribution in [2.75, 3.05) is 19.6 Å². The summed E-state index contributed by atoms with van der Waals surface area (Å²) in [6.07, 6.45) is 9.32. The topological polar surface area (TPSA) is 40.6 Å². The molecule has 1 saturated heterocycles. The number of amides is 2. The molecule has 1 heterocycles. The third-order valence-electron chi connectivity index (χ3n) is 4.99. The van der Waals surface area contributed by atoms with Crippen LogP contribution in [0.1, 0.15) is 65.2 Å². The molecule has 4 nitrogen and oxygen atoms in total. The van der Waals surface area contributed by atoms with Crippen molar-refractivity contribution in [1.29, 1.82) is 0 Å². The molecule has 1 aliphatic carbocycles. The molecule has 2 rings (SSSR count). The van der Waals surface area contributed by atoms with E-state index in [0.717, 1.165) is 32.4 Å². The zero-order valence-electron chi connectivity index (χ0n) is 13.6. The van der Waals surface area contributed by atoms with Crippen molar-refractivity contribution in [2.24, 2.45) is 5.92 Å². The highest BCUT2D eigenvalue weighted by atomic mass is 16.2. The van der Waals surface area contributed by atoms with E-state index in [2.05, 4.69) is 6.92 Å². The highest BCUT2D eigenvalue weighted by Crippen LogP contribution is 2.23. The van der Waals surface area contributed by atoms with E-state index in [1.54, 1.807) is 6.92 Å². The Morgan fingerprint density at radius 1 is 1.05 bits per heavy atom. The molecule has 2 amide bonds. The first kappa shape index (κ1) is 16.3. The Bertz CT molecular complexity index is 362. The van der Waals surface area contributed by atoms with Crippen molar-refractivity contribution < 1.29 is 9.59 Å². The summed E-state index contributed by atoms with van der Waals surface area (Å²) >= 11 is 0. The van der Waals surface area contributed by atoms with Crippen LogP contribution >= 0.6 is 0 Å². The number of hydrogen-bond acceptors (Lipinski definition) is 2. The number of piperidine rings is 1. The normalized spacial score (nSPS) is 24.5. The van der Waals surface area contributed by atoms with Crippen molar-refractivity contribution in [3.05, 3.63) is 0 Å². The molecule has 2 aliphatic rings. The lowest BCUT2D eigenvalue weighted by Gasteiger charge is -2.35. The van der Waals surface area contributed by atoms with Crippen molar-refractivity contribution in [3.63, 3.8) is 0 Å². The van der Waals surface area contributed by atoms with E-state index < -0.39 is 0 Å². The average Bonchev–Trinajstić information content (AvgIpc) is 2.73. The van der Waals surface area contributed by atoms with Gasteiger partial charge in [-0.3, -0.25) is 9.59 Å². The third kappa shape index (κ3) is 4.72. The zero-order chi connectivity index (χ0) is 15.2. The molecule has 0 spiro atoms. The Morgan fingerprint density at radius 3 is 2.29 bits per heavy atom. The van der Waals surface area contributed by atoms with Gasteiger partial charge in [0, 0.05) is 26.1 Å². The fraction of sp³-hybridized carbons (Fsp3) is 0.882. The Labute approximate surface area is 128 Å². The number of carbonyl (C=O) groups is 2. The molecule has 0 N–H and O–H groups in total. The molecular formula is C17H30N2O2. The minimum atomic E-state index is 0.0558. The van der Waals surface area contributed by atoms with Gasteiger partial charge in [-0.2, -0.15) is 0 Å². The molecule has 4 heteroatoms. The molecule has 0 radical (unpaired) electrons. The second-order valence-corrected chi connectivity index (χ2v) is 6.88. The highest BCUT2D eigenvalue weighted by molar-refractivity contribution is 5.84. The number of rotatable bonds is 3. The van der Waals surface area contributed by atoms with Crippen molar-refractivity contribution in [2.45, 2.75) is 71.3 Å². The minimum Gasteiger partial charge on any atom is -0.341 e. The summed E-state index contributed by atoms with van der Waals surface area (Å²) in [6, 6.07) is 0.274. The molecule has 0 aromatic heterocycles. The first-order chi connectivity index (χ1) is 10.1. The largest absolute Gasteiger partial charge is 0.341 e. The molecule has 1 atom stereocenters. The van der Waals surface area contributed by atoms with Gasteiger partial charge in [0.1, 0.15) is 0 Å². The first-order valence-corrected chi connectivity index (χ1v) is 8.63. The van der Waals surface area contributed by atoms with Gasteiger partial charge in [-0.05, 0) is 31.6 Å². The molecule has 1 unspecified atom stereocenters. The highest BCUT2D eigenvalue weighted by Gasteiger charge is 2.27. The SMILES string of the molecule is CC(=O)N(CC(=O)N1CCCC(C)C1)C1CCCCCC1. The van der Waals surface area contributed by atoms with Crippen LogP contribution in [0.2, 0.25) is 0 Å². The van der Waals surface area contributed by atoms with Gasteiger partial charge >= 0.3 is 0 Å². The summed E-state index contributed by atoms with van der Waals surface area (Å²) in [5.41, 5.74) is 0. The van der Waals surface area contributed by atoms with E-state index in [9.17, 15) is 9.59 Å². The molecule has 1 aliphatic heterocycles. The van der Waals surface area contributed by atoms with Gasteiger partial charge in [-0.25, -0.2) is 0 Å². The summed E-state index contributed by atoms with van der Waals surface area (Å²) in [7, 11) is 0. The Balaban J connectivity index is 1.95. The maximum atomic E-state index is 12.5. The minimum absolute atomic E-state index is 0.0558. The lowest BCUT2D eigenvalue weighted by molar-refractivity contribution is -0.142. The van der Waals surface area contributed by atoms with Gasteiger partial charge < -0.3 is 9.80 Å². The Kier molecular flexibility index (Phi) is 6.07. The van der Waals surface area contributed by atoms with Gasteiger partial charge in [0.15, 0.2) is 0 Å². The summed E-state index contributed by atoms with van der Waals surface area (Å²) in [4.78, 5) is 28.3. The predicted molar refractivity (Wildman–Crippen MR) is 83.9 cm³/mol. The molecule has 21 heavy (non-hydrogen) atoms. The van der Waals surface area contributed by atoms with E-state index in [-0.39, 0.29) is 24.4 Å². The third-order valence-corrected chi connectivity index (χ3v) is 4.99. The maximum Gasteiger partial charge on any atom is 0.242 e. The zero-order valence-corrected chi connectivity index (χ0v) is 13.6. The predicted octanol–water partition coefficient (Wildman–Crippen LogP) is 2.82. The summed E-state index contributed by atoms with van der Waals surface area (Å²) in [6.45, 7) is 5.81. The van der Waals surface area contributed by atoms with Crippen molar-refractivity contribution in [1.82, 2.24) is 9.80 Å². The van der Waals surface area contributed by atoms with Gasteiger partial charge in [-0.15, -0.1) is 0 Å². The monoisotopic (exact) mass is 294 g/mol. The molecule has 2 fully saturated rings. The molecule has 0 bridgehead atoms.